The maximum Gasteiger partial charge on any atom is 0.261 e. The van der Waals surface area contributed by atoms with Crippen LogP contribution in [0.1, 0.15) is 28.6 Å². The van der Waals surface area contributed by atoms with Crippen LogP contribution in [0.2, 0.25) is 0 Å². The van der Waals surface area contributed by atoms with Gasteiger partial charge in [0.2, 0.25) is 11.8 Å². The first-order valence-electron chi connectivity index (χ1n) is 7.49. The number of hydrogen-bond donors (Lipinski definition) is 3. The van der Waals surface area contributed by atoms with E-state index in [2.05, 4.69) is 16.0 Å². The molecule has 0 atom stereocenters. The van der Waals surface area contributed by atoms with Crippen LogP contribution in [0.15, 0.2) is 41.8 Å². The van der Waals surface area contributed by atoms with Crippen molar-refractivity contribution in [3.8, 4) is 0 Å². The van der Waals surface area contributed by atoms with E-state index in [1.807, 2.05) is 17.5 Å². The fourth-order valence-corrected chi connectivity index (χ4v) is 2.68. The molecule has 0 radical (unpaired) electrons. The van der Waals surface area contributed by atoms with Crippen molar-refractivity contribution in [3.05, 3.63) is 52.2 Å². The molecule has 2 aromatic rings. The smallest absolute Gasteiger partial charge is 0.261 e. The summed E-state index contributed by atoms with van der Waals surface area (Å²) in [5.41, 5.74) is 1.58. The Hall–Kier alpha value is -2.67. The molecular weight excluding hydrogens is 326 g/mol. The van der Waals surface area contributed by atoms with Crippen LogP contribution in [-0.2, 0) is 16.1 Å². The zero-order valence-electron chi connectivity index (χ0n) is 13.3. The highest BCUT2D eigenvalue weighted by atomic mass is 32.1. The second-order valence-electron chi connectivity index (χ2n) is 5.14. The van der Waals surface area contributed by atoms with Crippen LogP contribution in [0.4, 0.5) is 5.69 Å². The van der Waals surface area contributed by atoms with Crippen LogP contribution in [0, 0.1) is 0 Å². The van der Waals surface area contributed by atoms with Crippen LogP contribution >= 0.6 is 11.3 Å². The van der Waals surface area contributed by atoms with Gasteiger partial charge in [-0.15, -0.1) is 11.3 Å². The molecule has 6 nitrogen and oxygen atoms in total. The second kappa shape index (κ2) is 8.83. The predicted octanol–water partition coefficient (Wildman–Crippen LogP) is 2.14. The summed E-state index contributed by atoms with van der Waals surface area (Å²) in [5.74, 6) is -0.454. The summed E-state index contributed by atoms with van der Waals surface area (Å²) in [6, 6.07) is 10.8. The van der Waals surface area contributed by atoms with Crippen LogP contribution < -0.4 is 16.0 Å². The molecule has 1 aromatic heterocycles. The fourth-order valence-electron chi connectivity index (χ4n) is 2.04. The molecule has 0 bridgehead atoms. The minimum Gasteiger partial charge on any atom is -0.352 e. The van der Waals surface area contributed by atoms with E-state index < -0.39 is 0 Å². The van der Waals surface area contributed by atoms with Crippen LogP contribution in [0.5, 0.6) is 0 Å². The molecule has 3 amide bonds. The van der Waals surface area contributed by atoms with Gasteiger partial charge in [-0.3, -0.25) is 14.4 Å². The van der Waals surface area contributed by atoms with Gasteiger partial charge in [0.05, 0.1) is 4.88 Å². The maximum atomic E-state index is 11.8. The van der Waals surface area contributed by atoms with Crippen LogP contribution in [0.3, 0.4) is 0 Å². The lowest BCUT2D eigenvalue weighted by atomic mass is 10.2. The highest BCUT2D eigenvalue weighted by Crippen LogP contribution is 2.10. The summed E-state index contributed by atoms with van der Waals surface area (Å²) in [7, 11) is 0. The van der Waals surface area contributed by atoms with E-state index in [1.165, 1.54) is 18.3 Å². The molecule has 1 heterocycles. The van der Waals surface area contributed by atoms with E-state index in [4.69, 9.17) is 0 Å². The molecule has 0 unspecified atom stereocenters. The molecule has 24 heavy (non-hydrogen) atoms. The van der Waals surface area contributed by atoms with Gasteiger partial charge in [-0.05, 0) is 29.1 Å². The lowest BCUT2D eigenvalue weighted by molar-refractivity contribution is -0.121. The van der Waals surface area contributed by atoms with Gasteiger partial charge in [0.1, 0.15) is 0 Å². The zero-order valence-corrected chi connectivity index (χ0v) is 14.1. The van der Waals surface area contributed by atoms with Crippen molar-refractivity contribution >= 4 is 34.7 Å². The van der Waals surface area contributed by atoms with Crippen molar-refractivity contribution in [2.45, 2.75) is 19.9 Å². The quantitative estimate of drug-likeness (QED) is 0.718. The average molecular weight is 345 g/mol. The Morgan fingerprint density at radius 3 is 2.62 bits per heavy atom. The van der Waals surface area contributed by atoms with Gasteiger partial charge in [-0.2, -0.15) is 0 Å². The minimum atomic E-state index is -0.166. The van der Waals surface area contributed by atoms with Crippen LogP contribution in [0.25, 0.3) is 0 Å². The number of anilines is 1. The van der Waals surface area contributed by atoms with Gasteiger partial charge in [0.15, 0.2) is 0 Å². The van der Waals surface area contributed by atoms with E-state index in [-0.39, 0.29) is 30.7 Å². The molecular formula is C17H19N3O3S. The number of thiophene rings is 1. The topological polar surface area (TPSA) is 87.3 Å². The van der Waals surface area contributed by atoms with Crippen molar-refractivity contribution in [3.63, 3.8) is 0 Å². The Labute approximate surface area is 144 Å². The number of carbonyl (C=O) groups excluding carboxylic acids is 3. The monoisotopic (exact) mass is 345 g/mol. The van der Waals surface area contributed by atoms with Gasteiger partial charge in [-0.1, -0.05) is 18.2 Å². The number of carbonyl (C=O) groups is 3. The van der Waals surface area contributed by atoms with E-state index >= 15 is 0 Å². The van der Waals surface area contributed by atoms with Crippen molar-refractivity contribution in [1.29, 1.82) is 0 Å². The molecule has 3 N–H and O–H groups in total. The fraction of sp³-hybridized carbons (Fsp3) is 0.235. The molecule has 0 aliphatic rings. The molecule has 126 valence electrons. The molecule has 0 fully saturated rings. The first-order valence-corrected chi connectivity index (χ1v) is 8.37. The molecule has 7 heteroatoms. The summed E-state index contributed by atoms with van der Waals surface area (Å²) in [4.78, 5) is 35.2. The van der Waals surface area contributed by atoms with E-state index in [0.29, 0.717) is 17.1 Å². The first-order chi connectivity index (χ1) is 11.5. The Kier molecular flexibility index (Phi) is 6.51. The molecule has 0 aliphatic heterocycles. The second-order valence-corrected chi connectivity index (χ2v) is 6.09. The maximum absolute atomic E-state index is 11.8. The van der Waals surface area contributed by atoms with Gasteiger partial charge < -0.3 is 16.0 Å². The SMILES string of the molecule is CC(=O)Nc1cccc(CNC(=O)CCNC(=O)c2cccs2)c1. The molecule has 0 aliphatic carbocycles. The van der Waals surface area contributed by atoms with Gasteiger partial charge in [0.25, 0.3) is 5.91 Å². The standard InChI is InChI=1S/C17H19N3O3S/c1-12(21)20-14-5-2-4-13(10-14)11-19-16(22)7-8-18-17(23)15-6-3-9-24-15/h2-6,9-10H,7-8,11H2,1H3,(H,18,23)(H,19,22)(H,20,21). The summed E-state index contributed by atoms with van der Waals surface area (Å²) >= 11 is 1.36. The molecule has 0 spiro atoms. The van der Waals surface area contributed by atoms with E-state index in [1.54, 1.807) is 24.3 Å². The minimum absolute atomic E-state index is 0.141. The largest absolute Gasteiger partial charge is 0.352 e. The van der Waals surface area contributed by atoms with Crippen LogP contribution in [-0.4, -0.2) is 24.3 Å². The molecule has 0 saturated heterocycles. The normalized spacial score (nSPS) is 10.0. The number of rotatable bonds is 7. The number of benzene rings is 1. The number of nitrogens with one attached hydrogen (secondary N) is 3. The average Bonchev–Trinajstić information content (AvgIpc) is 3.07. The lowest BCUT2D eigenvalue weighted by Gasteiger charge is -2.08. The highest BCUT2D eigenvalue weighted by molar-refractivity contribution is 7.12. The summed E-state index contributed by atoms with van der Waals surface area (Å²) in [6.07, 6.45) is 0.211. The van der Waals surface area contributed by atoms with Gasteiger partial charge >= 0.3 is 0 Å². The Morgan fingerprint density at radius 1 is 1.08 bits per heavy atom. The first kappa shape index (κ1) is 17.7. The summed E-state index contributed by atoms with van der Waals surface area (Å²) in [6.45, 7) is 2.10. The zero-order chi connectivity index (χ0) is 17.4. The Morgan fingerprint density at radius 2 is 1.92 bits per heavy atom. The van der Waals surface area contributed by atoms with Crippen molar-refractivity contribution in [1.82, 2.24) is 10.6 Å². The highest BCUT2D eigenvalue weighted by Gasteiger charge is 2.07. The molecule has 0 saturated carbocycles. The summed E-state index contributed by atoms with van der Waals surface area (Å²) < 4.78 is 0. The molecule has 2 rings (SSSR count). The third-order valence-corrected chi connectivity index (χ3v) is 3.99. The Bertz CT molecular complexity index is 714. The Balaban J connectivity index is 1.71. The third kappa shape index (κ3) is 5.85. The number of amides is 3. The van der Waals surface area contributed by atoms with Gasteiger partial charge in [-0.25, -0.2) is 0 Å². The van der Waals surface area contributed by atoms with Crippen molar-refractivity contribution < 1.29 is 14.4 Å². The predicted molar refractivity (Wildman–Crippen MR) is 93.9 cm³/mol. The summed E-state index contributed by atoms with van der Waals surface area (Å²) in [5, 5.41) is 10.0. The third-order valence-electron chi connectivity index (χ3n) is 3.12. The number of hydrogen-bond acceptors (Lipinski definition) is 4. The molecule has 1 aromatic carbocycles. The van der Waals surface area contributed by atoms with E-state index in [9.17, 15) is 14.4 Å². The lowest BCUT2D eigenvalue weighted by Crippen LogP contribution is -2.30. The van der Waals surface area contributed by atoms with Crippen molar-refractivity contribution in [2.24, 2.45) is 0 Å². The van der Waals surface area contributed by atoms with Gasteiger partial charge in [0, 0.05) is 32.1 Å². The van der Waals surface area contributed by atoms with E-state index in [0.717, 1.165) is 5.56 Å². The van der Waals surface area contributed by atoms with Crippen molar-refractivity contribution in [2.75, 3.05) is 11.9 Å².